The number of aliphatic hydroxyl groups excluding tert-OH is 3. The van der Waals surface area contributed by atoms with Gasteiger partial charge in [0.25, 0.3) is 0 Å². The minimum Gasteiger partial charge on any atom is -0.726 e. The average molecular weight is 430 g/mol. The summed E-state index contributed by atoms with van der Waals surface area (Å²) in [5.41, 5.74) is 0. The second-order valence-electron chi connectivity index (χ2n) is 7.63. The van der Waals surface area contributed by atoms with Crippen LogP contribution < -0.4 is 0 Å². The lowest BCUT2D eigenvalue weighted by atomic mass is 10.0. The molecule has 0 aromatic rings. The molecule has 0 amide bonds. The van der Waals surface area contributed by atoms with Gasteiger partial charge in [-0.2, -0.15) is 0 Å². The zero-order chi connectivity index (χ0) is 22.1. The number of unbranched alkanes of at least 4 members (excludes halogenated alkanes) is 7. The van der Waals surface area contributed by atoms with Crippen molar-refractivity contribution in [3.05, 3.63) is 0 Å². The van der Waals surface area contributed by atoms with Crippen molar-refractivity contribution in [2.24, 2.45) is 0 Å². The van der Waals surface area contributed by atoms with E-state index in [0.29, 0.717) is 17.6 Å². The topological polar surface area (TPSA) is 127 Å². The van der Waals surface area contributed by atoms with E-state index < -0.39 is 16.5 Å². The van der Waals surface area contributed by atoms with Crippen LogP contribution in [-0.4, -0.2) is 85.4 Å². The lowest BCUT2D eigenvalue weighted by Gasteiger charge is -2.36. The van der Waals surface area contributed by atoms with Gasteiger partial charge >= 0.3 is 0 Å². The molecule has 0 bridgehead atoms. The van der Waals surface area contributed by atoms with Crippen molar-refractivity contribution in [3.8, 4) is 0 Å². The predicted molar refractivity (Wildman–Crippen MR) is 109 cm³/mol. The fraction of sp³-hybridized carbons (Fsp3) is 1.00. The van der Waals surface area contributed by atoms with E-state index >= 15 is 0 Å². The molecule has 0 radical (unpaired) electrons. The van der Waals surface area contributed by atoms with Gasteiger partial charge in [0, 0.05) is 0 Å². The Morgan fingerprint density at radius 2 is 1.36 bits per heavy atom. The van der Waals surface area contributed by atoms with Crippen LogP contribution in [0.5, 0.6) is 0 Å². The molecular formula is C19H43NO7S. The highest BCUT2D eigenvalue weighted by atomic mass is 32.3. The van der Waals surface area contributed by atoms with Crippen molar-refractivity contribution in [2.75, 3.05) is 40.4 Å². The molecule has 28 heavy (non-hydrogen) atoms. The molecule has 0 spiro atoms. The lowest BCUT2D eigenvalue weighted by Crippen LogP contribution is -2.53. The first kappa shape index (κ1) is 29.9. The Hall–Kier alpha value is -0.290. The lowest BCUT2D eigenvalue weighted by molar-refractivity contribution is -0.913. The summed E-state index contributed by atoms with van der Waals surface area (Å²) in [5, 5.41) is 28.8. The molecular weight excluding hydrogens is 386 g/mol. The first-order valence-electron chi connectivity index (χ1n) is 10.4. The molecule has 0 saturated heterocycles. The third-order valence-electron chi connectivity index (χ3n) is 4.87. The minimum atomic E-state index is -4.41. The maximum absolute atomic E-state index is 10.2. The molecule has 3 unspecified atom stereocenters. The van der Waals surface area contributed by atoms with Gasteiger partial charge in [0.15, 0.2) is 0 Å². The van der Waals surface area contributed by atoms with Gasteiger partial charge in [-0.15, -0.1) is 0 Å². The highest BCUT2D eigenvalue weighted by Gasteiger charge is 2.26. The normalized spacial score (nSPS) is 16.0. The van der Waals surface area contributed by atoms with Gasteiger partial charge in [0.05, 0.1) is 27.3 Å². The van der Waals surface area contributed by atoms with Gasteiger partial charge in [0.2, 0.25) is 10.4 Å². The van der Waals surface area contributed by atoms with Crippen LogP contribution >= 0.6 is 0 Å². The van der Waals surface area contributed by atoms with E-state index in [1.165, 1.54) is 44.9 Å². The molecule has 0 heterocycles. The summed E-state index contributed by atoms with van der Waals surface area (Å²) in [7, 11) is -1.57. The largest absolute Gasteiger partial charge is 0.726 e. The average Bonchev–Trinajstić information content (AvgIpc) is 2.63. The number of hydrogen-bond donors (Lipinski definition) is 3. The van der Waals surface area contributed by atoms with E-state index in [9.17, 15) is 23.2 Å². The van der Waals surface area contributed by atoms with E-state index in [0.717, 1.165) is 26.5 Å². The molecule has 0 aromatic heterocycles. The van der Waals surface area contributed by atoms with E-state index in [4.69, 9.17) is 5.11 Å². The number of quaternary nitrogens is 1. The Labute approximate surface area is 172 Å². The highest BCUT2D eigenvalue weighted by Crippen LogP contribution is 2.13. The fourth-order valence-electron chi connectivity index (χ4n) is 3.01. The summed E-state index contributed by atoms with van der Waals surface area (Å²) < 4.78 is 31.6. The molecule has 0 aliphatic heterocycles. The Kier molecular flexibility index (Phi) is 18.8. The first-order chi connectivity index (χ1) is 13.0. The Morgan fingerprint density at radius 3 is 1.75 bits per heavy atom. The molecule has 0 fully saturated rings. The SMILES string of the molecule is CCCCCCCCCCC(O)C[N+](C)(CC)CC(O)CO.COS(=O)(=O)[O-]. The molecule has 0 aromatic carbocycles. The van der Waals surface area contributed by atoms with Gasteiger partial charge in [-0.05, 0) is 13.3 Å². The van der Waals surface area contributed by atoms with Crippen LogP contribution in [0.2, 0.25) is 0 Å². The smallest absolute Gasteiger partial charge is 0.217 e. The van der Waals surface area contributed by atoms with Crippen molar-refractivity contribution in [2.45, 2.75) is 83.8 Å². The summed E-state index contributed by atoms with van der Waals surface area (Å²) in [6, 6.07) is 0. The van der Waals surface area contributed by atoms with Crippen LogP contribution in [0.15, 0.2) is 0 Å². The van der Waals surface area contributed by atoms with Gasteiger partial charge in [-0.3, -0.25) is 4.18 Å². The van der Waals surface area contributed by atoms with Crippen molar-refractivity contribution in [1.82, 2.24) is 0 Å². The van der Waals surface area contributed by atoms with E-state index in [2.05, 4.69) is 18.0 Å². The third kappa shape index (κ3) is 20.4. The van der Waals surface area contributed by atoms with Crippen LogP contribution in [0.25, 0.3) is 0 Å². The molecule has 172 valence electrons. The van der Waals surface area contributed by atoms with Gasteiger partial charge in [-0.25, -0.2) is 8.42 Å². The summed E-state index contributed by atoms with van der Waals surface area (Å²) in [6.07, 6.45) is 10.1. The monoisotopic (exact) mass is 429 g/mol. The van der Waals surface area contributed by atoms with Crippen LogP contribution in [0, 0.1) is 0 Å². The van der Waals surface area contributed by atoms with Crippen molar-refractivity contribution in [3.63, 3.8) is 0 Å². The number of likely N-dealkylation sites (N-methyl/N-ethyl adjacent to an activating group) is 1. The fourth-order valence-corrected chi connectivity index (χ4v) is 3.01. The summed E-state index contributed by atoms with van der Waals surface area (Å²) in [4.78, 5) is 0. The molecule has 0 aliphatic rings. The van der Waals surface area contributed by atoms with Crippen LogP contribution in [0.1, 0.15) is 71.6 Å². The molecule has 3 atom stereocenters. The standard InChI is InChI=1S/C18H40NO3.CH4O4S/c1-4-6-7-8-9-10-11-12-13-17(21)14-19(3,5-2)15-18(22)16-20;1-5-6(2,3)4/h17-18,20-22H,4-16H2,1-3H3;1H3,(H,2,3,4)/q+1;/p-1. The quantitative estimate of drug-likeness (QED) is 0.148. The molecule has 8 nitrogen and oxygen atoms in total. The van der Waals surface area contributed by atoms with Crippen LogP contribution in [0.4, 0.5) is 0 Å². The van der Waals surface area contributed by atoms with Crippen LogP contribution in [-0.2, 0) is 14.6 Å². The Morgan fingerprint density at radius 1 is 0.929 bits per heavy atom. The van der Waals surface area contributed by atoms with Crippen molar-refractivity contribution >= 4 is 10.4 Å². The van der Waals surface area contributed by atoms with E-state index in [1.807, 2.05) is 7.05 Å². The van der Waals surface area contributed by atoms with Gasteiger partial charge < -0.3 is 24.4 Å². The number of nitrogens with zero attached hydrogens (tertiary/aromatic N) is 1. The maximum atomic E-state index is 10.2. The van der Waals surface area contributed by atoms with E-state index in [1.54, 1.807) is 0 Å². The molecule has 0 saturated carbocycles. The Bertz CT molecular complexity index is 448. The van der Waals surface area contributed by atoms with Crippen LogP contribution in [0.3, 0.4) is 0 Å². The second kappa shape index (κ2) is 17.6. The molecule has 0 rings (SSSR count). The summed E-state index contributed by atoms with van der Waals surface area (Å²) in [5.74, 6) is 0. The Balaban J connectivity index is 0. The number of rotatable bonds is 16. The van der Waals surface area contributed by atoms with E-state index in [-0.39, 0.29) is 12.7 Å². The molecule has 0 aliphatic carbocycles. The molecule has 9 heteroatoms. The predicted octanol–water partition coefficient (Wildman–Crippen LogP) is 1.79. The molecule has 3 N–H and O–H groups in total. The van der Waals surface area contributed by atoms with Crippen molar-refractivity contribution in [1.29, 1.82) is 0 Å². The second-order valence-corrected chi connectivity index (χ2v) is 8.78. The zero-order valence-electron chi connectivity index (χ0n) is 18.2. The zero-order valence-corrected chi connectivity index (χ0v) is 19.0. The highest BCUT2D eigenvalue weighted by molar-refractivity contribution is 7.80. The maximum Gasteiger partial charge on any atom is 0.217 e. The van der Waals surface area contributed by atoms with Gasteiger partial charge in [-0.1, -0.05) is 58.3 Å². The first-order valence-corrected chi connectivity index (χ1v) is 11.7. The van der Waals surface area contributed by atoms with Gasteiger partial charge in [0.1, 0.15) is 25.3 Å². The summed E-state index contributed by atoms with van der Waals surface area (Å²) >= 11 is 0. The number of aliphatic hydroxyl groups is 3. The van der Waals surface area contributed by atoms with Crippen molar-refractivity contribution < 1.29 is 37.0 Å². The number of hydrogen-bond acceptors (Lipinski definition) is 7. The summed E-state index contributed by atoms with van der Waals surface area (Å²) in [6.45, 7) is 6.11. The minimum absolute atomic E-state index is 0.206. The third-order valence-corrected chi connectivity index (χ3v) is 5.28.